The van der Waals surface area contributed by atoms with Gasteiger partial charge in [0.1, 0.15) is 5.75 Å². The Morgan fingerprint density at radius 3 is 2.53 bits per heavy atom. The maximum Gasteiger partial charge on any atom is 0.335 e. The van der Waals surface area contributed by atoms with E-state index in [1.54, 1.807) is 13.0 Å². The van der Waals surface area contributed by atoms with Gasteiger partial charge in [0, 0.05) is 16.8 Å². The molecule has 0 fully saturated rings. The number of benzene rings is 3. The Kier molecular flexibility index (Phi) is 7.58. The van der Waals surface area contributed by atoms with E-state index in [2.05, 4.69) is 21.2 Å². The average molecular weight is 533 g/mol. The van der Waals surface area contributed by atoms with Crippen LogP contribution in [0.15, 0.2) is 53.0 Å². The van der Waals surface area contributed by atoms with Crippen molar-refractivity contribution in [2.75, 3.05) is 5.32 Å². The Hall–Kier alpha value is -3.84. The van der Waals surface area contributed by atoms with E-state index in [1.165, 1.54) is 36.4 Å². The zero-order chi connectivity index (χ0) is 25.0. The molecule has 0 aliphatic carbocycles. The fourth-order valence-electron chi connectivity index (χ4n) is 3.10. The van der Waals surface area contributed by atoms with E-state index in [4.69, 9.17) is 15.1 Å². The van der Waals surface area contributed by atoms with E-state index >= 15 is 4.39 Å². The van der Waals surface area contributed by atoms with Gasteiger partial charge in [0.05, 0.1) is 28.1 Å². The van der Waals surface area contributed by atoms with Crippen LogP contribution in [0.2, 0.25) is 0 Å². The third-order valence-electron chi connectivity index (χ3n) is 4.76. The molecule has 0 spiro atoms. The molecule has 0 aromatic heterocycles. The van der Waals surface area contributed by atoms with Gasteiger partial charge < -0.3 is 15.2 Å². The van der Waals surface area contributed by atoms with Crippen molar-refractivity contribution in [2.45, 2.75) is 19.8 Å². The van der Waals surface area contributed by atoms with Gasteiger partial charge in [0.15, 0.2) is 11.6 Å². The van der Waals surface area contributed by atoms with Gasteiger partial charge >= 0.3 is 5.97 Å². The number of aryl methyl sites for hydroxylation is 1. The van der Waals surface area contributed by atoms with E-state index in [0.29, 0.717) is 11.3 Å². The summed E-state index contributed by atoms with van der Waals surface area (Å²) in [4.78, 5) is 23.5. The van der Waals surface area contributed by atoms with E-state index in [9.17, 15) is 18.4 Å². The first-order valence-corrected chi connectivity index (χ1v) is 10.5. The summed E-state index contributed by atoms with van der Waals surface area (Å²) in [6.45, 7) is 1.62. The number of nitrogens with one attached hydrogen (secondary N) is 1. The summed E-state index contributed by atoms with van der Waals surface area (Å²) in [6.07, 6.45) is -3.23. The zero-order valence-electron chi connectivity index (χ0n) is 17.5. The van der Waals surface area contributed by atoms with Crippen molar-refractivity contribution < 1.29 is 32.6 Å². The van der Waals surface area contributed by atoms with Gasteiger partial charge in [-0.15, -0.1) is 0 Å². The van der Waals surface area contributed by atoms with Gasteiger partial charge in [-0.2, -0.15) is 5.26 Å². The normalized spacial score (nSPS) is 10.6. The number of carbonyl (C=O) groups excluding carboxylic acids is 1. The molecule has 2 N–H and O–H groups in total. The second-order valence-electron chi connectivity index (χ2n) is 7.21. The van der Waals surface area contributed by atoms with Crippen LogP contribution >= 0.6 is 15.9 Å². The minimum atomic E-state index is -2.85. The second kappa shape index (κ2) is 10.4. The van der Waals surface area contributed by atoms with Crippen LogP contribution in [0, 0.1) is 24.1 Å². The molecular formula is C24H16BrF3N2O4. The standard InChI is InChI=1S/C24H16BrF3N2O4/c1-12-6-15(24(32)33)3-5-19(12)30-20(31)10-14-2-4-18(25)22(21(14)26)34-17-8-13(11-29)7-16(9-17)23(27)28/h2-9,23H,10H2,1H3,(H,30,31)(H,32,33). The fourth-order valence-corrected chi connectivity index (χ4v) is 3.48. The van der Waals surface area contributed by atoms with E-state index < -0.39 is 29.7 Å². The Morgan fingerprint density at radius 2 is 1.91 bits per heavy atom. The predicted molar refractivity (Wildman–Crippen MR) is 121 cm³/mol. The quantitative estimate of drug-likeness (QED) is 0.368. The van der Waals surface area contributed by atoms with Crippen LogP contribution < -0.4 is 10.1 Å². The number of halogens is 4. The summed E-state index contributed by atoms with van der Waals surface area (Å²) in [6, 6.07) is 11.9. The largest absolute Gasteiger partial charge is 0.478 e. The number of anilines is 1. The van der Waals surface area contributed by atoms with Crippen molar-refractivity contribution in [1.29, 1.82) is 5.26 Å². The number of amides is 1. The van der Waals surface area contributed by atoms with Gasteiger partial charge in [-0.05, 0) is 70.9 Å². The Balaban J connectivity index is 1.83. The predicted octanol–water partition coefficient (Wildman–Crippen LogP) is 6.38. The van der Waals surface area contributed by atoms with Crippen LogP contribution in [0.3, 0.4) is 0 Å². The van der Waals surface area contributed by atoms with Crippen molar-refractivity contribution in [1.82, 2.24) is 0 Å². The molecule has 0 heterocycles. The SMILES string of the molecule is Cc1cc(C(=O)O)ccc1NC(=O)Cc1ccc(Br)c(Oc2cc(C#N)cc(C(F)F)c2)c1F. The molecule has 0 unspecified atom stereocenters. The van der Waals surface area contributed by atoms with Crippen LogP contribution in [0.25, 0.3) is 0 Å². The zero-order valence-corrected chi connectivity index (χ0v) is 19.1. The van der Waals surface area contributed by atoms with E-state index in [-0.39, 0.29) is 39.1 Å². The van der Waals surface area contributed by atoms with Crippen LogP contribution in [0.1, 0.15) is 39.0 Å². The topological polar surface area (TPSA) is 99.4 Å². The van der Waals surface area contributed by atoms with Crippen LogP contribution in [0.5, 0.6) is 11.5 Å². The van der Waals surface area contributed by atoms with Crippen LogP contribution in [-0.4, -0.2) is 17.0 Å². The van der Waals surface area contributed by atoms with Crippen LogP contribution in [-0.2, 0) is 11.2 Å². The summed E-state index contributed by atoms with van der Waals surface area (Å²) in [5.41, 5.74) is 0.389. The first-order valence-electron chi connectivity index (χ1n) is 9.70. The molecule has 0 bridgehead atoms. The molecule has 6 nitrogen and oxygen atoms in total. The number of carbonyl (C=O) groups is 2. The number of carboxylic acids is 1. The highest BCUT2D eigenvalue weighted by Crippen LogP contribution is 2.36. The highest BCUT2D eigenvalue weighted by molar-refractivity contribution is 9.10. The summed E-state index contributed by atoms with van der Waals surface area (Å²) in [7, 11) is 0. The van der Waals surface area contributed by atoms with Crippen LogP contribution in [0.4, 0.5) is 18.9 Å². The number of ether oxygens (including phenoxy) is 1. The Bertz CT molecular complexity index is 1320. The summed E-state index contributed by atoms with van der Waals surface area (Å²) < 4.78 is 47.0. The third-order valence-corrected chi connectivity index (χ3v) is 5.38. The molecule has 1 amide bonds. The lowest BCUT2D eigenvalue weighted by molar-refractivity contribution is -0.115. The monoisotopic (exact) mass is 532 g/mol. The van der Waals surface area contributed by atoms with E-state index in [1.807, 2.05) is 0 Å². The molecule has 0 saturated carbocycles. The smallest absolute Gasteiger partial charge is 0.335 e. The average Bonchev–Trinajstić information content (AvgIpc) is 2.79. The molecule has 3 aromatic rings. The number of hydrogen-bond acceptors (Lipinski definition) is 4. The number of carboxylic acid groups (broad SMARTS) is 1. The van der Waals surface area contributed by atoms with E-state index in [0.717, 1.165) is 12.1 Å². The molecule has 174 valence electrons. The molecule has 0 radical (unpaired) electrons. The number of hydrogen-bond donors (Lipinski definition) is 2. The highest BCUT2D eigenvalue weighted by atomic mass is 79.9. The van der Waals surface area contributed by atoms with Crippen molar-refractivity contribution in [3.63, 3.8) is 0 Å². The summed E-state index contributed by atoms with van der Waals surface area (Å²) >= 11 is 3.14. The maximum absolute atomic E-state index is 15.2. The molecule has 0 atom stereocenters. The number of nitrogens with zero attached hydrogens (tertiary/aromatic N) is 1. The lowest BCUT2D eigenvalue weighted by Crippen LogP contribution is -2.16. The molecule has 3 aromatic carbocycles. The molecule has 0 saturated heterocycles. The van der Waals surface area contributed by atoms with Crippen molar-refractivity contribution >= 4 is 33.5 Å². The number of rotatable bonds is 7. The third kappa shape index (κ3) is 5.74. The lowest BCUT2D eigenvalue weighted by atomic mass is 10.1. The second-order valence-corrected chi connectivity index (χ2v) is 8.07. The van der Waals surface area contributed by atoms with Gasteiger partial charge in [-0.1, -0.05) is 6.07 Å². The molecule has 0 aliphatic rings. The Labute approximate surface area is 200 Å². The van der Waals surface area contributed by atoms with Crippen molar-refractivity contribution in [3.05, 3.63) is 86.6 Å². The Morgan fingerprint density at radius 1 is 1.18 bits per heavy atom. The number of alkyl halides is 2. The minimum absolute atomic E-state index is 0.0268. The summed E-state index contributed by atoms with van der Waals surface area (Å²) in [5.74, 6) is -3.05. The number of nitriles is 1. The minimum Gasteiger partial charge on any atom is -0.478 e. The maximum atomic E-state index is 15.2. The first-order chi connectivity index (χ1) is 16.1. The number of aromatic carboxylic acids is 1. The molecule has 34 heavy (non-hydrogen) atoms. The molecule has 10 heteroatoms. The fraction of sp³-hybridized carbons (Fsp3) is 0.125. The summed E-state index contributed by atoms with van der Waals surface area (Å²) in [5, 5.41) is 20.7. The van der Waals surface area contributed by atoms with Gasteiger partial charge in [-0.3, -0.25) is 4.79 Å². The van der Waals surface area contributed by atoms with Crippen molar-refractivity contribution in [3.8, 4) is 17.6 Å². The first kappa shape index (κ1) is 24.8. The van der Waals surface area contributed by atoms with Crippen molar-refractivity contribution in [2.24, 2.45) is 0 Å². The lowest BCUT2D eigenvalue weighted by Gasteiger charge is -2.14. The van der Waals surface area contributed by atoms with Gasteiger partial charge in [-0.25, -0.2) is 18.0 Å². The molecule has 0 aliphatic heterocycles. The molecule has 3 rings (SSSR count). The highest BCUT2D eigenvalue weighted by Gasteiger charge is 2.19. The molecular weight excluding hydrogens is 517 g/mol. The van der Waals surface area contributed by atoms with Gasteiger partial charge in [0.2, 0.25) is 5.91 Å². The van der Waals surface area contributed by atoms with Gasteiger partial charge in [0.25, 0.3) is 6.43 Å².